The predicted molar refractivity (Wildman–Crippen MR) is 101 cm³/mol. The van der Waals surface area contributed by atoms with E-state index < -0.39 is 10.0 Å². The normalized spacial score (nSPS) is 12.9. The number of sulfonamides is 1. The molecule has 0 aliphatic heterocycles. The summed E-state index contributed by atoms with van der Waals surface area (Å²) in [5, 5.41) is 0. The molecule has 0 bridgehead atoms. The Morgan fingerprint density at radius 1 is 1.12 bits per heavy atom. The standard InChI is InChI=1S/C18H20N2O3S2/c1-12(2)13-5-10-16-17(11-13)24-18(20(16)3)19-25(21,22)15-8-6-14(23-4)7-9-15/h5-12H,1-4H3. The number of ether oxygens (including phenoxy) is 1. The molecule has 0 amide bonds. The Kier molecular flexibility index (Phi) is 4.71. The number of aromatic nitrogens is 1. The third kappa shape index (κ3) is 3.48. The highest BCUT2D eigenvalue weighted by molar-refractivity contribution is 7.90. The van der Waals surface area contributed by atoms with Crippen LogP contribution in [0.25, 0.3) is 10.2 Å². The molecule has 0 spiro atoms. The third-order valence-electron chi connectivity index (χ3n) is 4.06. The molecule has 7 heteroatoms. The predicted octanol–water partition coefficient (Wildman–Crippen LogP) is 3.66. The average molecular weight is 377 g/mol. The summed E-state index contributed by atoms with van der Waals surface area (Å²) < 4.78 is 37.1. The zero-order valence-electron chi connectivity index (χ0n) is 14.6. The maximum Gasteiger partial charge on any atom is 0.285 e. The van der Waals surface area contributed by atoms with Gasteiger partial charge in [-0.3, -0.25) is 0 Å². The van der Waals surface area contributed by atoms with Gasteiger partial charge in [-0.2, -0.15) is 8.42 Å². The minimum atomic E-state index is -3.78. The molecular formula is C18H20N2O3S2. The van der Waals surface area contributed by atoms with E-state index in [1.807, 2.05) is 17.7 Å². The SMILES string of the molecule is COc1ccc(S(=O)(=O)N=c2sc3cc(C(C)C)ccc3n2C)cc1. The zero-order valence-corrected chi connectivity index (χ0v) is 16.2. The molecule has 0 unspecified atom stereocenters. The fourth-order valence-electron chi connectivity index (χ4n) is 2.50. The highest BCUT2D eigenvalue weighted by atomic mass is 32.2. The van der Waals surface area contributed by atoms with E-state index in [9.17, 15) is 8.42 Å². The van der Waals surface area contributed by atoms with E-state index in [0.717, 1.165) is 10.2 Å². The largest absolute Gasteiger partial charge is 0.497 e. The summed E-state index contributed by atoms with van der Waals surface area (Å²) in [4.78, 5) is 0.598. The van der Waals surface area contributed by atoms with Crippen molar-refractivity contribution in [2.75, 3.05) is 7.11 Å². The van der Waals surface area contributed by atoms with Crippen LogP contribution in [0.5, 0.6) is 5.75 Å². The summed E-state index contributed by atoms with van der Waals surface area (Å²) in [5.74, 6) is 1.02. The quantitative estimate of drug-likeness (QED) is 0.698. The van der Waals surface area contributed by atoms with Crippen molar-refractivity contribution in [2.24, 2.45) is 11.4 Å². The van der Waals surface area contributed by atoms with Gasteiger partial charge in [0.2, 0.25) is 4.80 Å². The van der Waals surface area contributed by atoms with Crippen molar-refractivity contribution in [3.8, 4) is 5.75 Å². The van der Waals surface area contributed by atoms with E-state index >= 15 is 0 Å². The first kappa shape index (κ1) is 17.7. The molecule has 132 valence electrons. The molecule has 0 saturated heterocycles. The van der Waals surface area contributed by atoms with Crippen LogP contribution < -0.4 is 9.54 Å². The maximum absolute atomic E-state index is 12.6. The topological polar surface area (TPSA) is 60.7 Å². The van der Waals surface area contributed by atoms with Gasteiger partial charge in [-0.15, -0.1) is 4.40 Å². The number of methoxy groups -OCH3 is 1. The van der Waals surface area contributed by atoms with Gasteiger partial charge in [0.05, 0.1) is 22.2 Å². The summed E-state index contributed by atoms with van der Waals surface area (Å²) in [6.07, 6.45) is 0. The van der Waals surface area contributed by atoms with Crippen molar-refractivity contribution in [1.29, 1.82) is 0 Å². The van der Waals surface area contributed by atoms with Crippen LogP contribution in [0.3, 0.4) is 0 Å². The second-order valence-electron chi connectivity index (χ2n) is 6.07. The highest BCUT2D eigenvalue weighted by Crippen LogP contribution is 2.23. The Morgan fingerprint density at radius 2 is 1.80 bits per heavy atom. The van der Waals surface area contributed by atoms with E-state index in [1.54, 1.807) is 12.1 Å². The Bertz CT molecular complexity index is 1080. The van der Waals surface area contributed by atoms with Gasteiger partial charge >= 0.3 is 0 Å². The van der Waals surface area contributed by atoms with Crippen molar-refractivity contribution in [2.45, 2.75) is 24.7 Å². The van der Waals surface area contributed by atoms with E-state index in [2.05, 4.69) is 30.4 Å². The van der Waals surface area contributed by atoms with Gasteiger partial charge in [0, 0.05) is 7.05 Å². The third-order valence-corrected chi connectivity index (χ3v) is 6.55. The Balaban J connectivity index is 2.11. The molecule has 0 fully saturated rings. The number of benzene rings is 2. The summed E-state index contributed by atoms with van der Waals surface area (Å²) in [7, 11) is -0.408. The molecule has 0 aliphatic rings. The number of hydrogen-bond acceptors (Lipinski definition) is 4. The van der Waals surface area contributed by atoms with E-state index in [-0.39, 0.29) is 4.90 Å². The number of aryl methyl sites for hydroxylation is 1. The maximum atomic E-state index is 12.6. The first-order valence-corrected chi connectivity index (χ1v) is 10.1. The molecule has 25 heavy (non-hydrogen) atoms. The fourth-order valence-corrected chi connectivity index (χ4v) is 4.80. The molecule has 0 aliphatic carbocycles. The van der Waals surface area contributed by atoms with Crippen molar-refractivity contribution in [3.63, 3.8) is 0 Å². The lowest BCUT2D eigenvalue weighted by atomic mass is 10.0. The second kappa shape index (κ2) is 6.65. The van der Waals surface area contributed by atoms with Crippen LogP contribution in [0.15, 0.2) is 51.8 Å². The molecule has 3 aromatic rings. The van der Waals surface area contributed by atoms with Crippen molar-refractivity contribution in [3.05, 3.63) is 52.8 Å². The zero-order chi connectivity index (χ0) is 18.2. The van der Waals surface area contributed by atoms with Crippen LogP contribution in [0.4, 0.5) is 0 Å². The number of hydrogen-bond donors (Lipinski definition) is 0. The summed E-state index contributed by atoms with van der Waals surface area (Å²) in [6, 6.07) is 12.4. The molecule has 0 atom stereocenters. The monoisotopic (exact) mass is 376 g/mol. The molecule has 3 rings (SSSR count). The van der Waals surface area contributed by atoms with Crippen molar-refractivity contribution >= 4 is 31.6 Å². The van der Waals surface area contributed by atoms with Crippen LogP contribution in [0, 0.1) is 0 Å². The first-order chi connectivity index (χ1) is 11.8. The average Bonchev–Trinajstić information content (AvgIpc) is 2.89. The van der Waals surface area contributed by atoms with Crippen LogP contribution in [0.1, 0.15) is 25.3 Å². The van der Waals surface area contributed by atoms with Crippen molar-refractivity contribution in [1.82, 2.24) is 4.57 Å². The number of thiazole rings is 1. The fraction of sp³-hybridized carbons (Fsp3) is 0.278. The summed E-state index contributed by atoms with van der Waals surface area (Å²) in [5.41, 5.74) is 2.19. The molecule has 0 N–H and O–H groups in total. The van der Waals surface area contributed by atoms with Gasteiger partial charge in [-0.25, -0.2) is 0 Å². The molecule has 1 heterocycles. The van der Waals surface area contributed by atoms with Gasteiger partial charge < -0.3 is 9.30 Å². The summed E-state index contributed by atoms with van der Waals surface area (Å²) in [6.45, 7) is 4.27. The Morgan fingerprint density at radius 3 is 2.40 bits per heavy atom. The molecule has 2 aromatic carbocycles. The number of nitrogens with zero attached hydrogens (tertiary/aromatic N) is 2. The first-order valence-electron chi connectivity index (χ1n) is 7.86. The molecular weight excluding hydrogens is 356 g/mol. The molecule has 0 radical (unpaired) electrons. The van der Waals surface area contributed by atoms with E-state index in [4.69, 9.17) is 4.74 Å². The van der Waals surface area contributed by atoms with Crippen molar-refractivity contribution < 1.29 is 13.2 Å². The lowest BCUT2D eigenvalue weighted by molar-refractivity contribution is 0.414. The minimum Gasteiger partial charge on any atom is -0.497 e. The van der Waals surface area contributed by atoms with Gasteiger partial charge in [0.1, 0.15) is 5.75 Å². The van der Waals surface area contributed by atoms with Gasteiger partial charge in [0.15, 0.2) is 0 Å². The number of rotatable bonds is 4. The molecule has 0 saturated carbocycles. The second-order valence-corrected chi connectivity index (χ2v) is 8.68. The Labute approximate surface area is 151 Å². The minimum absolute atomic E-state index is 0.147. The lowest BCUT2D eigenvalue weighted by Gasteiger charge is -2.04. The smallest absolute Gasteiger partial charge is 0.285 e. The van der Waals surface area contributed by atoms with E-state index in [0.29, 0.717) is 16.5 Å². The summed E-state index contributed by atoms with van der Waals surface area (Å²) >= 11 is 1.38. The van der Waals surface area contributed by atoms with Crippen LogP contribution in [-0.4, -0.2) is 20.1 Å². The van der Waals surface area contributed by atoms with Gasteiger partial charge in [-0.1, -0.05) is 31.3 Å². The van der Waals surface area contributed by atoms with Crippen LogP contribution in [-0.2, 0) is 17.1 Å². The molecule has 1 aromatic heterocycles. The van der Waals surface area contributed by atoms with Crippen LogP contribution in [0.2, 0.25) is 0 Å². The number of fused-ring (bicyclic) bond motifs is 1. The lowest BCUT2D eigenvalue weighted by Crippen LogP contribution is -2.13. The Hall–Kier alpha value is -2.12. The van der Waals surface area contributed by atoms with Crippen LogP contribution >= 0.6 is 11.3 Å². The highest BCUT2D eigenvalue weighted by Gasteiger charge is 2.14. The molecule has 5 nitrogen and oxygen atoms in total. The van der Waals surface area contributed by atoms with Gasteiger partial charge in [-0.05, 0) is 47.9 Å². The van der Waals surface area contributed by atoms with E-state index in [1.165, 1.54) is 36.1 Å². The van der Waals surface area contributed by atoms with Gasteiger partial charge in [0.25, 0.3) is 10.0 Å².